The zero-order valence-corrected chi connectivity index (χ0v) is 18.3. The summed E-state index contributed by atoms with van der Waals surface area (Å²) in [6, 6.07) is 13.5. The molecule has 2 aromatic heterocycles. The van der Waals surface area contributed by atoms with Gasteiger partial charge in [0.15, 0.2) is 0 Å². The van der Waals surface area contributed by atoms with Crippen LogP contribution in [-0.4, -0.2) is 51.1 Å². The standard InChI is InChI=1S/C20H23N3O5S2/c1-23(2)13-16(12-19(24)27-14-15-6-4-3-5-7-15)22-30(25,26)20-9-8-18(29-20)17-10-11-28-21-17/h3-11,16,22H,12-14H2,1-2H3/t16-/m1/s1. The molecule has 8 nitrogen and oxygen atoms in total. The molecule has 0 radical (unpaired) electrons. The van der Waals surface area contributed by atoms with E-state index in [2.05, 4.69) is 9.88 Å². The van der Waals surface area contributed by atoms with Gasteiger partial charge in [0, 0.05) is 18.7 Å². The first-order chi connectivity index (χ1) is 14.3. The minimum atomic E-state index is -3.81. The fourth-order valence-electron chi connectivity index (χ4n) is 2.80. The molecule has 3 aromatic rings. The lowest BCUT2D eigenvalue weighted by molar-refractivity contribution is -0.145. The number of rotatable bonds is 10. The molecule has 30 heavy (non-hydrogen) atoms. The molecule has 3 rings (SSSR count). The second-order valence-corrected chi connectivity index (χ2v) is 9.96. The number of benzene rings is 1. The summed E-state index contributed by atoms with van der Waals surface area (Å²) in [5.41, 5.74) is 1.44. The normalized spacial score (nSPS) is 12.8. The number of ether oxygens (including phenoxy) is 1. The smallest absolute Gasteiger partial charge is 0.307 e. The van der Waals surface area contributed by atoms with Crippen LogP contribution in [0.25, 0.3) is 10.6 Å². The topological polar surface area (TPSA) is 102 Å². The number of hydrogen-bond donors (Lipinski definition) is 1. The predicted molar refractivity (Wildman–Crippen MR) is 113 cm³/mol. The Bertz CT molecular complexity index is 1050. The highest BCUT2D eigenvalue weighted by Gasteiger charge is 2.25. The summed E-state index contributed by atoms with van der Waals surface area (Å²) >= 11 is 1.08. The van der Waals surface area contributed by atoms with E-state index in [-0.39, 0.29) is 17.2 Å². The monoisotopic (exact) mass is 449 g/mol. The van der Waals surface area contributed by atoms with E-state index < -0.39 is 22.0 Å². The van der Waals surface area contributed by atoms with Crippen LogP contribution in [0, 0.1) is 0 Å². The zero-order chi connectivity index (χ0) is 21.6. The third-order valence-corrected chi connectivity index (χ3v) is 7.22. The molecule has 1 aromatic carbocycles. The molecule has 0 unspecified atom stereocenters. The summed E-state index contributed by atoms with van der Waals surface area (Å²) in [5, 5.41) is 3.82. The van der Waals surface area contributed by atoms with E-state index in [1.807, 2.05) is 49.3 Å². The summed E-state index contributed by atoms with van der Waals surface area (Å²) in [6.45, 7) is 0.494. The van der Waals surface area contributed by atoms with Gasteiger partial charge in [-0.3, -0.25) is 4.79 Å². The van der Waals surface area contributed by atoms with Crippen LogP contribution in [-0.2, 0) is 26.2 Å². The summed E-state index contributed by atoms with van der Waals surface area (Å²) in [6.07, 6.45) is 1.35. The first-order valence-electron chi connectivity index (χ1n) is 9.20. The van der Waals surface area contributed by atoms with Crippen LogP contribution in [0.5, 0.6) is 0 Å². The number of nitrogens with zero attached hydrogens (tertiary/aromatic N) is 2. The van der Waals surface area contributed by atoms with Crippen molar-refractivity contribution in [1.29, 1.82) is 0 Å². The molecular weight excluding hydrogens is 426 g/mol. The quantitative estimate of drug-likeness (QED) is 0.475. The Balaban J connectivity index is 1.65. The summed E-state index contributed by atoms with van der Waals surface area (Å²) in [5.74, 6) is -0.470. The fraction of sp³-hybridized carbons (Fsp3) is 0.300. The molecule has 0 saturated carbocycles. The molecule has 0 saturated heterocycles. The van der Waals surface area contributed by atoms with Gasteiger partial charge in [-0.2, -0.15) is 0 Å². The predicted octanol–water partition coefficient (Wildman–Crippen LogP) is 2.75. The molecule has 0 aliphatic carbocycles. The number of esters is 1. The number of likely N-dealkylation sites (N-methyl/N-ethyl adjacent to an activating group) is 1. The number of carbonyl (C=O) groups is 1. The Morgan fingerprint density at radius 2 is 1.97 bits per heavy atom. The van der Waals surface area contributed by atoms with Gasteiger partial charge >= 0.3 is 5.97 Å². The first-order valence-corrected chi connectivity index (χ1v) is 11.5. The summed E-state index contributed by atoms with van der Waals surface area (Å²) < 4.78 is 38.6. The van der Waals surface area contributed by atoms with Crippen molar-refractivity contribution in [3.05, 3.63) is 60.4 Å². The molecule has 10 heteroatoms. The van der Waals surface area contributed by atoms with E-state index >= 15 is 0 Å². The van der Waals surface area contributed by atoms with Gasteiger partial charge in [-0.05, 0) is 31.8 Å². The van der Waals surface area contributed by atoms with E-state index in [1.165, 1.54) is 12.3 Å². The van der Waals surface area contributed by atoms with Crippen molar-refractivity contribution >= 4 is 27.3 Å². The van der Waals surface area contributed by atoms with Crippen molar-refractivity contribution in [2.24, 2.45) is 0 Å². The molecule has 0 aliphatic rings. The molecular formula is C20H23N3O5S2. The Labute approximate surface area is 179 Å². The number of hydrogen-bond acceptors (Lipinski definition) is 8. The Kier molecular flexibility index (Phi) is 7.38. The van der Waals surface area contributed by atoms with E-state index in [0.717, 1.165) is 16.9 Å². The fourth-order valence-corrected chi connectivity index (χ4v) is 5.31. The third-order valence-electron chi connectivity index (χ3n) is 4.10. The first kappa shape index (κ1) is 22.2. The van der Waals surface area contributed by atoms with E-state index in [1.54, 1.807) is 12.1 Å². The maximum atomic E-state index is 12.9. The highest BCUT2D eigenvalue weighted by atomic mass is 32.2. The van der Waals surface area contributed by atoms with E-state index in [9.17, 15) is 13.2 Å². The highest BCUT2D eigenvalue weighted by molar-refractivity contribution is 7.91. The second-order valence-electron chi connectivity index (χ2n) is 6.93. The molecule has 0 fully saturated rings. The van der Waals surface area contributed by atoms with Gasteiger partial charge in [-0.15, -0.1) is 11.3 Å². The highest BCUT2D eigenvalue weighted by Crippen LogP contribution is 2.29. The molecule has 0 amide bonds. The third kappa shape index (κ3) is 6.23. The van der Waals surface area contributed by atoms with Crippen molar-refractivity contribution in [2.45, 2.75) is 23.3 Å². The van der Waals surface area contributed by atoms with E-state index in [4.69, 9.17) is 9.26 Å². The lowest BCUT2D eigenvalue weighted by Gasteiger charge is -2.21. The zero-order valence-electron chi connectivity index (χ0n) is 16.6. The average Bonchev–Trinajstić information content (AvgIpc) is 3.38. The molecule has 160 valence electrons. The van der Waals surface area contributed by atoms with Crippen molar-refractivity contribution in [1.82, 2.24) is 14.8 Å². The van der Waals surface area contributed by atoms with Crippen LogP contribution in [0.1, 0.15) is 12.0 Å². The average molecular weight is 450 g/mol. The van der Waals surface area contributed by atoms with Crippen LogP contribution < -0.4 is 4.72 Å². The van der Waals surface area contributed by atoms with Crippen LogP contribution in [0.15, 0.2) is 63.5 Å². The van der Waals surface area contributed by atoms with Gasteiger partial charge in [0.1, 0.15) is 22.8 Å². The number of thiophene rings is 1. The van der Waals surface area contributed by atoms with Crippen LogP contribution in [0.2, 0.25) is 0 Å². The Morgan fingerprint density at radius 1 is 1.20 bits per heavy atom. The minimum Gasteiger partial charge on any atom is -0.461 e. The van der Waals surface area contributed by atoms with E-state index in [0.29, 0.717) is 17.1 Å². The summed E-state index contributed by atoms with van der Waals surface area (Å²) in [7, 11) is -0.193. The lowest BCUT2D eigenvalue weighted by atomic mass is 10.2. The van der Waals surface area contributed by atoms with Crippen LogP contribution in [0.4, 0.5) is 0 Å². The SMILES string of the molecule is CN(C)C[C@@H](CC(=O)OCc1ccccc1)NS(=O)(=O)c1ccc(-c2ccon2)s1. The van der Waals surface area contributed by atoms with Crippen molar-refractivity contribution in [3.8, 4) is 10.6 Å². The maximum Gasteiger partial charge on any atom is 0.307 e. The molecule has 0 aliphatic heterocycles. The van der Waals surface area contributed by atoms with Gasteiger partial charge in [-0.25, -0.2) is 13.1 Å². The number of nitrogens with one attached hydrogen (secondary N) is 1. The molecule has 1 atom stereocenters. The van der Waals surface area contributed by atoms with Crippen molar-refractivity contribution in [2.75, 3.05) is 20.6 Å². The van der Waals surface area contributed by atoms with Crippen LogP contribution >= 0.6 is 11.3 Å². The molecule has 0 spiro atoms. The van der Waals surface area contributed by atoms with Gasteiger partial charge < -0.3 is 14.2 Å². The van der Waals surface area contributed by atoms with Gasteiger partial charge in [0.05, 0.1) is 11.3 Å². The second kappa shape index (κ2) is 9.98. The molecule has 1 N–H and O–H groups in total. The Morgan fingerprint density at radius 3 is 2.63 bits per heavy atom. The molecule has 0 bridgehead atoms. The van der Waals surface area contributed by atoms with Gasteiger partial charge in [-0.1, -0.05) is 35.5 Å². The van der Waals surface area contributed by atoms with Crippen LogP contribution in [0.3, 0.4) is 0 Å². The minimum absolute atomic E-state index is 0.0776. The lowest BCUT2D eigenvalue weighted by Crippen LogP contribution is -2.43. The summed E-state index contributed by atoms with van der Waals surface area (Å²) in [4.78, 5) is 14.8. The largest absolute Gasteiger partial charge is 0.461 e. The number of carbonyl (C=O) groups excluding carboxylic acids is 1. The van der Waals surface area contributed by atoms with Gasteiger partial charge in [0.2, 0.25) is 10.0 Å². The Hall–Kier alpha value is -2.53. The maximum absolute atomic E-state index is 12.9. The molecule has 2 heterocycles. The number of sulfonamides is 1. The van der Waals surface area contributed by atoms with Crippen molar-refractivity contribution < 1.29 is 22.5 Å². The number of aromatic nitrogens is 1. The van der Waals surface area contributed by atoms with Gasteiger partial charge in [0.25, 0.3) is 0 Å². The van der Waals surface area contributed by atoms with Crippen molar-refractivity contribution in [3.63, 3.8) is 0 Å².